The molecule has 0 unspecified atom stereocenters. The van der Waals surface area contributed by atoms with Gasteiger partial charge < -0.3 is 19.8 Å². The Labute approximate surface area is 197 Å². The highest BCUT2D eigenvalue weighted by molar-refractivity contribution is 6.08. The monoisotopic (exact) mass is 458 g/mol. The number of aromatic nitrogens is 2. The van der Waals surface area contributed by atoms with Crippen LogP contribution < -0.4 is 15.4 Å². The van der Waals surface area contributed by atoms with Crippen molar-refractivity contribution in [1.29, 1.82) is 0 Å². The van der Waals surface area contributed by atoms with Crippen LogP contribution in [0.2, 0.25) is 0 Å². The van der Waals surface area contributed by atoms with Crippen molar-refractivity contribution in [3.05, 3.63) is 101 Å². The number of hydrogen-bond donors (Lipinski definition) is 2. The smallest absolute Gasteiger partial charge is 0.272 e. The minimum atomic E-state index is -0.370. The molecular formula is C26H26N4O4. The van der Waals surface area contributed by atoms with Crippen LogP contribution in [0.1, 0.15) is 43.3 Å². The normalized spacial score (nSPS) is 10.7. The van der Waals surface area contributed by atoms with E-state index < -0.39 is 0 Å². The van der Waals surface area contributed by atoms with Gasteiger partial charge in [0.15, 0.2) is 0 Å². The maximum Gasteiger partial charge on any atom is 0.272 e. The van der Waals surface area contributed by atoms with Crippen LogP contribution in [0.5, 0.6) is 5.75 Å². The van der Waals surface area contributed by atoms with Crippen LogP contribution >= 0.6 is 0 Å². The summed E-state index contributed by atoms with van der Waals surface area (Å²) in [5.74, 6) is 0.794. The fourth-order valence-corrected chi connectivity index (χ4v) is 3.59. The van der Waals surface area contributed by atoms with Gasteiger partial charge in [0.2, 0.25) is 0 Å². The zero-order valence-electron chi connectivity index (χ0n) is 19.3. The summed E-state index contributed by atoms with van der Waals surface area (Å²) in [7, 11) is 1.64. The van der Waals surface area contributed by atoms with Gasteiger partial charge in [-0.2, -0.15) is 5.10 Å². The maximum absolute atomic E-state index is 12.8. The Morgan fingerprint density at radius 2 is 1.74 bits per heavy atom. The Hall–Kier alpha value is -4.33. The molecule has 0 aliphatic heterocycles. The van der Waals surface area contributed by atoms with E-state index in [2.05, 4.69) is 15.7 Å². The van der Waals surface area contributed by atoms with Crippen LogP contribution in [-0.4, -0.2) is 21.6 Å². The lowest BCUT2D eigenvalue weighted by Gasteiger charge is -2.12. The summed E-state index contributed by atoms with van der Waals surface area (Å²) >= 11 is 0. The fourth-order valence-electron chi connectivity index (χ4n) is 3.59. The van der Waals surface area contributed by atoms with Gasteiger partial charge in [0, 0.05) is 12.6 Å². The zero-order chi connectivity index (χ0) is 24.1. The van der Waals surface area contributed by atoms with Crippen molar-refractivity contribution in [2.45, 2.75) is 27.0 Å². The third kappa shape index (κ3) is 5.17. The quantitative estimate of drug-likeness (QED) is 0.408. The number of benzene rings is 2. The molecule has 0 saturated heterocycles. The van der Waals surface area contributed by atoms with E-state index >= 15 is 0 Å². The van der Waals surface area contributed by atoms with Gasteiger partial charge in [0.1, 0.15) is 23.8 Å². The molecule has 0 radical (unpaired) electrons. The number of anilines is 1. The van der Waals surface area contributed by atoms with Gasteiger partial charge >= 0.3 is 0 Å². The second kappa shape index (κ2) is 10.1. The van der Waals surface area contributed by atoms with E-state index in [9.17, 15) is 9.59 Å². The van der Waals surface area contributed by atoms with Gasteiger partial charge in [-0.3, -0.25) is 14.3 Å². The summed E-state index contributed by atoms with van der Waals surface area (Å²) in [6.07, 6.45) is 2.99. The summed E-state index contributed by atoms with van der Waals surface area (Å²) in [6, 6.07) is 16.7. The van der Waals surface area contributed by atoms with E-state index in [-0.39, 0.29) is 24.1 Å². The third-order valence-electron chi connectivity index (χ3n) is 5.41. The van der Waals surface area contributed by atoms with E-state index in [1.165, 1.54) is 10.9 Å². The van der Waals surface area contributed by atoms with Gasteiger partial charge in [-0.25, -0.2) is 0 Å². The molecule has 4 aromatic rings. The van der Waals surface area contributed by atoms with E-state index in [0.29, 0.717) is 23.6 Å². The molecule has 0 atom stereocenters. The first-order valence-electron chi connectivity index (χ1n) is 10.8. The van der Waals surface area contributed by atoms with Crippen LogP contribution in [0, 0.1) is 13.8 Å². The average molecular weight is 459 g/mol. The first-order valence-corrected chi connectivity index (χ1v) is 10.8. The molecular weight excluding hydrogens is 432 g/mol. The van der Waals surface area contributed by atoms with E-state index in [4.69, 9.17) is 9.15 Å². The summed E-state index contributed by atoms with van der Waals surface area (Å²) in [4.78, 5) is 25.5. The number of carbonyl (C=O) groups is 2. The number of para-hydroxylation sites is 1. The van der Waals surface area contributed by atoms with Crippen LogP contribution in [0.15, 0.2) is 71.5 Å². The molecule has 2 aromatic heterocycles. The predicted octanol–water partition coefficient (Wildman–Crippen LogP) is 4.39. The molecule has 2 amide bonds. The topological polar surface area (TPSA) is 98.4 Å². The van der Waals surface area contributed by atoms with Gasteiger partial charge in [-0.1, -0.05) is 30.3 Å². The van der Waals surface area contributed by atoms with Crippen molar-refractivity contribution in [2.75, 3.05) is 5.32 Å². The first kappa shape index (κ1) is 22.8. The van der Waals surface area contributed by atoms with Crippen molar-refractivity contribution in [1.82, 2.24) is 15.1 Å². The van der Waals surface area contributed by atoms with Gasteiger partial charge in [-0.05, 0) is 54.8 Å². The second-order valence-electron chi connectivity index (χ2n) is 7.95. The molecule has 0 aliphatic rings. The molecule has 0 spiro atoms. The summed E-state index contributed by atoms with van der Waals surface area (Å²) in [5, 5.41) is 9.65. The number of aryl methyl sites for hydroxylation is 3. The van der Waals surface area contributed by atoms with Gasteiger partial charge in [-0.15, -0.1) is 0 Å². The molecule has 2 N–H and O–H groups in total. The highest BCUT2D eigenvalue weighted by Crippen LogP contribution is 2.23. The van der Waals surface area contributed by atoms with Crippen molar-refractivity contribution >= 4 is 17.5 Å². The first-order chi connectivity index (χ1) is 16.4. The molecule has 4 rings (SSSR count). The number of nitrogens with one attached hydrogen (secondary N) is 2. The molecule has 2 heterocycles. The molecule has 0 aliphatic carbocycles. The van der Waals surface area contributed by atoms with Gasteiger partial charge in [0.25, 0.3) is 11.8 Å². The fraction of sp³-hybridized carbons (Fsp3) is 0.192. The van der Waals surface area contributed by atoms with E-state index in [1.807, 2.05) is 44.2 Å². The molecule has 174 valence electrons. The average Bonchev–Trinajstić information content (AvgIpc) is 3.47. The molecule has 34 heavy (non-hydrogen) atoms. The number of amides is 2. The predicted molar refractivity (Wildman–Crippen MR) is 128 cm³/mol. The van der Waals surface area contributed by atoms with Crippen molar-refractivity contribution < 1.29 is 18.7 Å². The van der Waals surface area contributed by atoms with Crippen LogP contribution in [0.4, 0.5) is 5.69 Å². The standard InChI is InChI=1S/C26H26N4O4/c1-17-6-4-7-18(2)24(17)34-16-19-9-11-20(12-10-19)25(31)29-22-15-28-30(3)23(22)26(32)27-14-21-8-5-13-33-21/h4-13,15H,14,16H2,1-3H3,(H,27,32)(H,29,31). The Kier molecular flexibility index (Phi) is 6.77. The van der Waals surface area contributed by atoms with E-state index in [0.717, 1.165) is 22.4 Å². The Bertz CT molecular complexity index is 1270. The second-order valence-corrected chi connectivity index (χ2v) is 7.95. The lowest BCUT2D eigenvalue weighted by atomic mass is 10.1. The minimum Gasteiger partial charge on any atom is -0.488 e. The molecule has 8 nitrogen and oxygen atoms in total. The molecule has 8 heteroatoms. The Morgan fingerprint density at radius 1 is 1.00 bits per heavy atom. The summed E-state index contributed by atoms with van der Waals surface area (Å²) in [5.41, 5.74) is 4.14. The lowest BCUT2D eigenvalue weighted by Crippen LogP contribution is -2.26. The van der Waals surface area contributed by atoms with E-state index in [1.54, 1.807) is 37.6 Å². The molecule has 0 saturated carbocycles. The molecule has 2 aromatic carbocycles. The van der Waals surface area contributed by atoms with Crippen LogP contribution in [0.25, 0.3) is 0 Å². The minimum absolute atomic E-state index is 0.232. The van der Waals surface area contributed by atoms with Crippen LogP contribution in [0.3, 0.4) is 0 Å². The Morgan fingerprint density at radius 3 is 2.41 bits per heavy atom. The lowest BCUT2D eigenvalue weighted by molar-refractivity contribution is 0.0939. The van der Waals surface area contributed by atoms with Crippen LogP contribution in [-0.2, 0) is 20.2 Å². The number of nitrogens with zero attached hydrogens (tertiary/aromatic N) is 2. The van der Waals surface area contributed by atoms with Gasteiger partial charge in [0.05, 0.1) is 24.7 Å². The molecule has 0 fully saturated rings. The highest BCUT2D eigenvalue weighted by atomic mass is 16.5. The number of hydrogen-bond acceptors (Lipinski definition) is 5. The SMILES string of the molecule is Cc1cccc(C)c1OCc1ccc(C(=O)Nc2cnn(C)c2C(=O)NCc2ccco2)cc1. The third-order valence-corrected chi connectivity index (χ3v) is 5.41. The molecule has 0 bridgehead atoms. The van der Waals surface area contributed by atoms with Crippen molar-refractivity contribution in [2.24, 2.45) is 7.05 Å². The number of rotatable bonds is 8. The van der Waals surface area contributed by atoms with Crippen molar-refractivity contribution in [3.8, 4) is 5.75 Å². The number of carbonyl (C=O) groups excluding carboxylic acids is 2. The maximum atomic E-state index is 12.8. The highest BCUT2D eigenvalue weighted by Gasteiger charge is 2.19. The summed E-state index contributed by atoms with van der Waals surface area (Å²) < 4.78 is 12.6. The largest absolute Gasteiger partial charge is 0.488 e. The Balaban J connectivity index is 1.39. The number of ether oxygens (including phenoxy) is 1. The number of furan rings is 1. The van der Waals surface area contributed by atoms with Crippen molar-refractivity contribution in [3.63, 3.8) is 0 Å². The zero-order valence-corrected chi connectivity index (χ0v) is 19.3. The summed E-state index contributed by atoms with van der Waals surface area (Å²) in [6.45, 7) is 4.66.